The normalized spacial score (nSPS) is 10.6. The lowest BCUT2D eigenvalue weighted by molar-refractivity contribution is 0.449. The van der Waals surface area contributed by atoms with Gasteiger partial charge in [-0.05, 0) is 40.5 Å². The van der Waals surface area contributed by atoms with Gasteiger partial charge < -0.3 is 11.1 Å². The summed E-state index contributed by atoms with van der Waals surface area (Å²) in [6, 6.07) is 1.92. The molecule has 1 aromatic carbocycles. The van der Waals surface area contributed by atoms with Crippen molar-refractivity contribution in [2.75, 3.05) is 11.1 Å². The van der Waals surface area contributed by atoms with E-state index in [9.17, 15) is 13.2 Å². The van der Waals surface area contributed by atoms with Crippen LogP contribution in [0.15, 0.2) is 22.8 Å². The third-order valence-electron chi connectivity index (χ3n) is 2.59. The molecule has 0 radical (unpaired) electrons. The Morgan fingerprint density at radius 1 is 1.21 bits per heavy atom. The maximum absolute atomic E-state index is 13.5. The van der Waals surface area contributed by atoms with Crippen molar-refractivity contribution in [3.8, 4) is 0 Å². The van der Waals surface area contributed by atoms with Crippen LogP contribution >= 0.6 is 15.9 Å². The second-order valence-electron chi connectivity index (χ2n) is 3.85. The van der Waals surface area contributed by atoms with Gasteiger partial charge in [-0.15, -0.1) is 0 Å². The first-order chi connectivity index (χ1) is 8.91. The van der Waals surface area contributed by atoms with Crippen LogP contribution in [-0.4, -0.2) is 4.98 Å². The number of anilines is 3. The zero-order valence-corrected chi connectivity index (χ0v) is 11.4. The molecule has 0 atom stereocenters. The predicted octanol–water partition coefficient (Wildman–Crippen LogP) is 3.90. The Labute approximate surface area is 115 Å². The van der Waals surface area contributed by atoms with E-state index in [2.05, 4.69) is 26.2 Å². The van der Waals surface area contributed by atoms with Gasteiger partial charge in [0.15, 0.2) is 17.5 Å². The molecule has 0 aliphatic heterocycles. The van der Waals surface area contributed by atoms with Gasteiger partial charge in [-0.1, -0.05) is 0 Å². The van der Waals surface area contributed by atoms with Crippen LogP contribution in [0, 0.1) is 24.4 Å². The van der Waals surface area contributed by atoms with Crippen molar-refractivity contribution in [1.82, 2.24) is 4.98 Å². The van der Waals surface area contributed by atoms with Gasteiger partial charge in [-0.2, -0.15) is 0 Å². The topological polar surface area (TPSA) is 50.9 Å². The van der Waals surface area contributed by atoms with Gasteiger partial charge in [-0.25, -0.2) is 18.2 Å². The first-order valence-electron chi connectivity index (χ1n) is 5.23. The predicted molar refractivity (Wildman–Crippen MR) is 70.7 cm³/mol. The second kappa shape index (κ2) is 5.08. The quantitative estimate of drug-likeness (QED) is 0.820. The highest BCUT2D eigenvalue weighted by Crippen LogP contribution is 2.31. The highest BCUT2D eigenvalue weighted by atomic mass is 79.9. The number of nitrogen functional groups attached to an aromatic ring is 1. The van der Waals surface area contributed by atoms with Crippen molar-refractivity contribution in [3.05, 3.63) is 45.8 Å². The molecule has 0 fully saturated rings. The summed E-state index contributed by atoms with van der Waals surface area (Å²) in [6.45, 7) is 1.74. The molecule has 3 nitrogen and oxygen atoms in total. The Morgan fingerprint density at radius 3 is 2.58 bits per heavy atom. The molecular weight excluding hydrogens is 323 g/mol. The van der Waals surface area contributed by atoms with E-state index in [1.807, 2.05) is 0 Å². The minimum Gasteiger partial charge on any atom is -0.397 e. The molecule has 0 spiro atoms. The fourth-order valence-electron chi connectivity index (χ4n) is 1.43. The standard InChI is InChI=1S/C12H9BrF3N3/c1-5-7(17)4-18-12(9(5)13)19-8-3-2-6(14)10(15)11(8)16/h2-4H,17H2,1H3,(H,18,19). The number of rotatable bonds is 2. The van der Waals surface area contributed by atoms with Crippen LogP contribution in [-0.2, 0) is 0 Å². The summed E-state index contributed by atoms with van der Waals surface area (Å²) in [5.74, 6) is -3.82. The molecule has 1 heterocycles. The van der Waals surface area contributed by atoms with E-state index in [0.29, 0.717) is 15.7 Å². The third kappa shape index (κ3) is 2.51. The molecule has 19 heavy (non-hydrogen) atoms. The fraction of sp³-hybridized carbons (Fsp3) is 0.0833. The summed E-state index contributed by atoms with van der Waals surface area (Å²) in [6.07, 6.45) is 1.39. The second-order valence-corrected chi connectivity index (χ2v) is 4.64. The Hall–Kier alpha value is -1.76. The van der Waals surface area contributed by atoms with E-state index in [0.717, 1.165) is 12.1 Å². The summed E-state index contributed by atoms with van der Waals surface area (Å²) < 4.78 is 39.9. The van der Waals surface area contributed by atoms with E-state index in [1.54, 1.807) is 6.92 Å². The van der Waals surface area contributed by atoms with Crippen LogP contribution in [0.25, 0.3) is 0 Å². The highest BCUT2D eigenvalue weighted by Gasteiger charge is 2.15. The molecular formula is C12H9BrF3N3. The summed E-state index contributed by atoms with van der Waals surface area (Å²) in [7, 11) is 0. The molecule has 7 heteroatoms. The Kier molecular flexibility index (Phi) is 3.66. The van der Waals surface area contributed by atoms with Crippen molar-refractivity contribution >= 4 is 33.1 Å². The largest absolute Gasteiger partial charge is 0.397 e. The van der Waals surface area contributed by atoms with Crippen molar-refractivity contribution in [2.45, 2.75) is 6.92 Å². The maximum atomic E-state index is 13.5. The molecule has 2 aromatic rings. The fourth-order valence-corrected chi connectivity index (χ4v) is 1.86. The zero-order valence-electron chi connectivity index (χ0n) is 9.77. The lowest BCUT2D eigenvalue weighted by Crippen LogP contribution is -2.03. The number of nitrogens with zero attached hydrogens (tertiary/aromatic N) is 1. The monoisotopic (exact) mass is 331 g/mol. The maximum Gasteiger partial charge on any atom is 0.196 e. The molecule has 0 aliphatic rings. The van der Waals surface area contributed by atoms with Crippen molar-refractivity contribution in [2.24, 2.45) is 0 Å². The lowest BCUT2D eigenvalue weighted by atomic mass is 10.2. The van der Waals surface area contributed by atoms with Gasteiger partial charge >= 0.3 is 0 Å². The molecule has 1 aromatic heterocycles. The van der Waals surface area contributed by atoms with E-state index >= 15 is 0 Å². The zero-order chi connectivity index (χ0) is 14.2. The number of pyridine rings is 1. The van der Waals surface area contributed by atoms with Crippen LogP contribution < -0.4 is 11.1 Å². The summed E-state index contributed by atoms with van der Waals surface area (Å²) in [5.41, 5.74) is 6.61. The first-order valence-corrected chi connectivity index (χ1v) is 6.02. The third-order valence-corrected chi connectivity index (χ3v) is 3.56. The van der Waals surface area contributed by atoms with Gasteiger partial charge in [0.1, 0.15) is 5.82 Å². The van der Waals surface area contributed by atoms with Crippen molar-refractivity contribution < 1.29 is 13.2 Å². The van der Waals surface area contributed by atoms with Crippen molar-refractivity contribution in [1.29, 1.82) is 0 Å². The Morgan fingerprint density at radius 2 is 1.89 bits per heavy atom. The SMILES string of the molecule is Cc1c(N)cnc(Nc2ccc(F)c(F)c2F)c1Br. The van der Waals surface area contributed by atoms with Crippen LogP contribution in [0.3, 0.4) is 0 Å². The van der Waals surface area contributed by atoms with E-state index in [1.165, 1.54) is 6.20 Å². The van der Waals surface area contributed by atoms with Gasteiger partial charge in [0, 0.05) is 0 Å². The number of nitrogens with two attached hydrogens (primary N) is 1. The number of nitrogens with one attached hydrogen (secondary N) is 1. The van der Waals surface area contributed by atoms with E-state index in [-0.39, 0.29) is 11.5 Å². The summed E-state index contributed by atoms with van der Waals surface area (Å²) >= 11 is 3.25. The van der Waals surface area contributed by atoms with Gasteiger partial charge in [0.2, 0.25) is 0 Å². The Balaban J connectivity index is 2.43. The van der Waals surface area contributed by atoms with Gasteiger partial charge in [0.25, 0.3) is 0 Å². The van der Waals surface area contributed by atoms with Gasteiger partial charge in [-0.3, -0.25) is 0 Å². The molecule has 0 amide bonds. The number of benzene rings is 1. The number of aromatic nitrogens is 1. The minimum atomic E-state index is -1.53. The molecule has 3 N–H and O–H groups in total. The van der Waals surface area contributed by atoms with Crippen LogP contribution in [0.4, 0.5) is 30.4 Å². The highest BCUT2D eigenvalue weighted by molar-refractivity contribution is 9.10. The summed E-state index contributed by atoms with van der Waals surface area (Å²) in [5, 5.41) is 2.58. The molecule has 2 rings (SSSR count). The molecule has 0 aliphatic carbocycles. The first kappa shape index (κ1) is 13.7. The minimum absolute atomic E-state index is 0.212. The molecule has 100 valence electrons. The molecule has 0 bridgehead atoms. The van der Waals surface area contributed by atoms with Crippen LogP contribution in [0.1, 0.15) is 5.56 Å². The van der Waals surface area contributed by atoms with E-state index < -0.39 is 17.5 Å². The number of halogens is 4. The Bertz CT molecular complexity index is 591. The molecule has 0 saturated heterocycles. The average molecular weight is 332 g/mol. The van der Waals surface area contributed by atoms with Gasteiger partial charge in [0.05, 0.1) is 22.0 Å². The number of hydrogen-bond acceptors (Lipinski definition) is 3. The molecule has 0 unspecified atom stereocenters. The van der Waals surface area contributed by atoms with E-state index in [4.69, 9.17) is 5.73 Å². The molecule has 0 saturated carbocycles. The average Bonchev–Trinajstić information content (AvgIpc) is 2.39. The van der Waals surface area contributed by atoms with Crippen LogP contribution in [0.5, 0.6) is 0 Å². The van der Waals surface area contributed by atoms with Crippen molar-refractivity contribution in [3.63, 3.8) is 0 Å². The van der Waals surface area contributed by atoms with Crippen LogP contribution in [0.2, 0.25) is 0 Å². The number of hydrogen-bond donors (Lipinski definition) is 2. The lowest BCUT2D eigenvalue weighted by Gasteiger charge is -2.11. The summed E-state index contributed by atoms with van der Waals surface area (Å²) in [4.78, 5) is 3.96. The smallest absolute Gasteiger partial charge is 0.196 e.